The number of ether oxygens (including phenoxy) is 1. The molecule has 1 atom stereocenters. The third kappa shape index (κ3) is 7.30. The van der Waals surface area contributed by atoms with E-state index in [0.717, 1.165) is 53.8 Å². The van der Waals surface area contributed by atoms with Crippen molar-refractivity contribution in [2.24, 2.45) is 0 Å². The Balaban J connectivity index is 1.24. The molecular formula is C29H28F3N3O2. The molecule has 3 aromatic carbocycles. The second-order valence-electron chi connectivity index (χ2n) is 9.06. The Hall–Kier alpha value is -3.91. The van der Waals surface area contributed by atoms with Gasteiger partial charge in [-0.3, -0.25) is 14.7 Å². The highest BCUT2D eigenvalue weighted by Crippen LogP contribution is 2.29. The van der Waals surface area contributed by atoms with Gasteiger partial charge in [-0.25, -0.2) is 0 Å². The number of benzene rings is 3. The second-order valence-corrected chi connectivity index (χ2v) is 9.06. The van der Waals surface area contributed by atoms with Crippen LogP contribution in [0.4, 0.5) is 13.2 Å². The second kappa shape index (κ2) is 11.4. The number of alkyl halides is 3. The number of rotatable bonds is 9. The van der Waals surface area contributed by atoms with Crippen molar-refractivity contribution < 1.29 is 22.7 Å². The number of carbonyl (C=O) groups is 1. The molecule has 8 heteroatoms. The summed E-state index contributed by atoms with van der Waals surface area (Å²) >= 11 is 0. The first kappa shape index (κ1) is 26.2. The highest BCUT2D eigenvalue weighted by Gasteiger charge is 2.30. The zero-order valence-electron chi connectivity index (χ0n) is 20.6. The standard InChI is InChI=1S/C29H28F3N3O2/c1-20(17-34-28(36)23-8-10-25(11-9-23)29(30,31)32)37-26-12-5-21(6-13-26)18-35(2)19-22-7-14-27-24(16-22)4-3-15-33-27/h3-16,20H,17-19H2,1-2H3,(H,34,36). The van der Waals surface area contributed by atoms with Gasteiger partial charge in [0.1, 0.15) is 11.9 Å². The van der Waals surface area contributed by atoms with Crippen molar-refractivity contribution in [1.29, 1.82) is 0 Å². The SMILES string of the molecule is CC(CNC(=O)c1ccc(C(F)(F)F)cc1)Oc1ccc(CN(C)Cc2ccc3ncccc3c2)cc1. The van der Waals surface area contributed by atoms with Gasteiger partial charge in [0.15, 0.2) is 0 Å². The van der Waals surface area contributed by atoms with E-state index in [0.29, 0.717) is 5.75 Å². The van der Waals surface area contributed by atoms with E-state index in [-0.39, 0.29) is 18.2 Å². The summed E-state index contributed by atoms with van der Waals surface area (Å²) in [6.45, 7) is 3.60. The third-order valence-electron chi connectivity index (χ3n) is 5.86. The van der Waals surface area contributed by atoms with Gasteiger partial charge in [-0.2, -0.15) is 13.2 Å². The molecule has 0 saturated heterocycles. The number of pyridine rings is 1. The Morgan fingerprint density at radius 1 is 0.973 bits per heavy atom. The van der Waals surface area contributed by atoms with Gasteiger partial charge in [-0.05, 0) is 79.7 Å². The van der Waals surface area contributed by atoms with Crippen LogP contribution in [0.3, 0.4) is 0 Å². The normalized spacial score (nSPS) is 12.5. The molecule has 4 rings (SSSR count). The smallest absolute Gasteiger partial charge is 0.416 e. The third-order valence-corrected chi connectivity index (χ3v) is 5.86. The fourth-order valence-corrected chi connectivity index (χ4v) is 4.00. The molecule has 0 aliphatic rings. The van der Waals surface area contributed by atoms with E-state index in [9.17, 15) is 18.0 Å². The van der Waals surface area contributed by atoms with E-state index < -0.39 is 17.6 Å². The quantitative estimate of drug-likeness (QED) is 0.298. The van der Waals surface area contributed by atoms with Crippen molar-refractivity contribution >= 4 is 16.8 Å². The Morgan fingerprint density at radius 2 is 1.65 bits per heavy atom. The summed E-state index contributed by atoms with van der Waals surface area (Å²) in [4.78, 5) is 18.8. The molecule has 0 aliphatic carbocycles. The summed E-state index contributed by atoms with van der Waals surface area (Å²) in [6, 6.07) is 22.2. The maximum absolute atomic E-state index is 12.7. The summed E-state index contributed by atoms with van der Waals surface area (Å²) in [5.41, 5.74) is 2.71. The first-order valence-corrected chi connectivity index (χ1v) is 11.9. The molecule has 37 heavy (non-hydrogen) atoms. The van der Waals surface area contributed by atoms with Gasteiger partial charge in [0.05, 0.1) is 17.6 Å². The van der Waals surface area contributed by atoms with Crippen molar-refractivity contribution in [2.75, 3.05) is 13.6 Å². The zero-order valence-corrected chi connectivity index (χ0v) is 20.6. The van der Waals surface area contributed by atoms with Gasteiger partial charge >= 0.3 is 6.18 Å². The average Bonchev–Trinajstić information content (AvgIpc) is 2.88. The van der Waals surface area contributed by atoms with Gasteiger partial charge in [-0.1, -0.05) is 24.3 Å². The first-order chi connectivity index (χ1) is 17.7. The first-order valence-electron chi connectivity index (χ1n) is 11.9. The number of nitrogens with zero attached hydrogens (tertiary/aromatic N) is 2. The molecular weight excluding hydrogens is 479 g/mol. The number of amides is 1. The number of nitrogens with one attached hydrogen (secondary N) is 1. The molecule has 0 fully saturated rings. The lowest BCUT2D eigenvalue weighted by Gasteiger charge is -2.18. The van der Waals surface area contributed by atoms with Crippen molar-refractivity contribution in [2.45, 2.75) is 32.3 Å². The van der Waals surface area contributed by atoms with E-state index in [1.807, 2.05) is 43.3 Å². The van der Waals surface area contributed by atoms with Crippen molar-refractivity contribution in [3.8, 4) is 5.75 Å². The van der Waals surface area contributed by atoms with Crippen molar-refractivity contribution in [3.05, 3.63) is 107 Å². The highest BCUT2D eigenvalue weighted by molar-refractivity contribution is 5.94. The molecule has 1 heterocycles. The number of fused-ring (bicyclic) bond motifs is 1. The minimum Gasteiger partial charge on any atom is -0.489 e. The largest absolute Gasteiger partial charge is 0.489 e. The minimum absolute atomic E-state index is 0.161. The lowest BCUT2D eigenvalue weighted by atomic mass is 10.1. The number of hydrogen-bond acceptors (Lipinski definition) is 4. The van der Waals surface area contributed by atoms with Crippen LogP contribution in [0.25, 0.3) is 10.9 Å². The van der Waals surface area contributed by atoms with Crippen molar-refractivity contribution in [1.82, 2.24) is 15.2 Å². The Bertz CT molecular complexity index is 1340. The van der Waals surface area contributed by atoms with Crippen molar-refractivity contribution in [3.63, 3.8) is 0 Å². The molecule has 5 nitrogen and oxygen atoms in total. The molecule has 1 amide bonds. The van der Waals surface area contributed by atoms with Gasteiger partial charge in [0.25, 0.3) is 5.91 Å². The minimum atomic E-state index is -4.43. The Morgan fingerprint density at radius 3 is 2.35 bits per heavy atom. The van der Waals surface area contributed by atoms with E-state index >= 15 is 0 Å². The molecule has 1 unspecified atom stereocenters. The van der Waals surface area contributed by atoms with Gasteiger partial charge in [0, 0.05) is 30.2 Å². The summed E-state index contributed by atoms with van der Waals surface area (Å²) in [7, 11) is 2.07. The van der Waals surface area contributed by atoms with Crippen LogP contribution in [0.2, 0.25) is 0 Å². The molecule has 0 radical (unpaired) electrons. The predicted molar refractivity (Wildman–Crippen MR) is 137 cm³/mol. The van der Waals surface area contributed by atoms with Crippen LogP contribution in [-0.4, -0.2) is 35.5 Å². The maximum Gasteiger partial charge on any atom is 0.416 e. The summed E-state index contributed by atoms with van der Waals surface area (Å²) in [5, 5.41) is 3.82. The molecule has 1 aromatic heterocycles. The summed E-state index contributed by atoms with van der Waals surface area (Å²) in [6.07, 6.45) is -2.96. The molecule has 4 aromatic rings. The van der Waals surface area contributed by atoms with Crippen LogP contribution in [0.5, 0.6) is 5.75 Å². The average molecular weight is 508 g/mol. The fourth-order valence-electron chi connectivity index (χ4n) is 4.00. The van der Waals surface area contributed by atoms with E-state index in [1.54, 1.807) is 6.20 Å². The van der Waals surface area contributed by atoms with E-state index in [4.69, 9.17) is 4.74 Å². The molecule has 0 bridgehead atoms. The lowest BCUT2D eigenvalue weighted by molar-refractivity contribution is -0.137. The number of halogens is 3. The monoisotopic (exact) mass is 507 g/mol. The molecule has 0 saturated carbocycles. The topological polar surface area (TPSA) is 54.5 Å². The van der Waals surface area contributed by atoms with Gasteiger partial charge < -0.3 is 10.1 Å². The molecule has 1 N–H and O–H groups in total. The zero-order chi connectivity index (χ0) is 26.4. The number of hydrogen-bond donors (Lipinski definition) is 1. The maximum atomic E-state index is 12.7. The van der Waals surface area contributed by atoms with E-state index in [2.05, 4.69) is 40.4 Å². The number of aromatic nitrogens is 1. The Kier molecular flexibility index (Phi) is 8.08. The van der Waals surface area contributed by atoms with Crippen LogP contribution >= 0.6 is 0 Å². The van der Waals surface area contributed by atoms with Crippen LogP contribution in [0.15, 0.2) is 85.1 Å². The van der Waals surface area contributed by atoms with Gasteiger partial charge in [0.2, 0.25) is 0 Å². The molecule has 0 aliphatic heterocycles. The lowest BCUT2D eigenvalue weighted by Crippen LogP contribution is -2.33. The van der Waals surface area contributed by atoms with E-state index in [1.165, 1.54) is 5.56 Å². The highest BCUT2D eigenvalue weighted by atomic mass is 19.4. The van der Waals surface area contributed by atoms with Gasteiger partial charge in [-0.15, -0.1) is 0 Å². The van der Waals surface area contributed by atoms with Crippen LogP contribution < -0.4 is 10.1 Å². The molecule has 0 spiro atoms. The number of carbonyl (C=O) groups excluding carboxylic acids is 1. The van der Waals surface area contributed by atoms with Crippen LogP contribution in [0.1, 0.15) is 34.0 Å². The van der Waals surface area contributed by atoms with Crippen LogP contribution in [0, 0.1) is 0 Å². The predicted octanol–water partition coefficient (Wildman–Crippen LogP) is 6.08. The van der Waals surface area contributed by atoms with Crippen LogP contribution in [-0.2, 0) is 19.3 Å². The molecule has 192 valence electrons. The summed E-state index contributed by atoms with van der Waals surface area (Å²) in [5.74, 6) is 0.218. The summed E-state index contributed by atoms with van der Waals surface area (Å²) < 4.78 is 43.9. The fraction of sp³-hybridized carbons (Fsp3) is 0.241. The Labute approximate surface area is 213 Å².